The molecule has 1 saturated heterocycles. The van der Waals surface area contributed by atoms with E-state index in [1.807, 2.05) is 29.3 Å². The monoisotopic (exact) mass is 421 g/mol. The van der Waals surface area contributed by atoms with Gasteiger partial charge in [-0.2, -0.15) is 0 Å². The zero-order valence-corrected chi connectivity index (χ0v) is 18.0. The van der Waals surface area contributed by atoms with Crippen molar-refractivity contribution in [3.63, 3.8) is 0 Å². The zero-order chi connectivity index (χ0) is 21.5. The second kappa shape index (κ2) is 10.5. The van der Waals surface area contributed by atoms with Crippen LogP contribution in [-0.4, -0.2) is 51.3 Å². The highest BCUT2D eigenvalue weighted by atomic mass is 16.2. The van der Waals surface area contributed by atoms with Crippen LogP contribution in [0.25, 0.3) is 11.3 Å². The summed E-state index contributed by atoms with van der Waals surface area (Å²) in [5, 5.41) is 3.10. The highest BCUT2D eigenvalue weighted by molar-refractivity contribution is 5.78. The number of carbonyl (C=O) groups excluding carboxylic acids is 2. The van der Waals surface area contributed by atoms with Gasteiger partial charge in [0, 0.05) is 56.4 Å². The molecule has 0 aromatic carbocycles. The van der Waals surface area contributed by atoms with Crippen molar-refractivity contribution < 1.29 is 9.59 Å². The number of nitrogens with zero attached hydrogens (tertiary/aromatic N) is 4. The molecule has 0 atom stereocenters. The summed E-state index contributed by atoms with van der Waals surface area (Å²) in [6.45, 7) is 2.29. The average Bonchev–Trinajstić information content (AvgIpc) is 3.23. The smallest absolute Gasteiger partial charge is 0.222 e. The fraction of sp³-hybridized carbons (Fsp3) is 0.542. The summed E-state index contributed by atoms with van der Waals surface area (Å²) in [6, 6.07) is 5.91. The van der Waals surface area contributed by atoms with E-state index in [0.29, 0.717) is 31.2 Å². The molecule has 2 aromatic heterocycles. The van der Waals surface area contributed by atoms with Crippen LogP contribution in [0.3, 0.4) is 0 Å². The largest absolute Gasteiger partial charge is 0.356 e. The molecular weight excluding hydrogens is 390 g/mol. The molecule has 7 nitrogen and oxygen atoms in total. The fourth-order valence-corrected chi connectivity index (χ4v) is 4.74. The number of hydrogen-bond acceptors (Lipinski definition) is 5. The Bertz CT molecular complexity index is 881. The normalized spacial score (nSPS) is 21.3. The molecule has 2 fully saturated rings. The SMILES string of the molecule is O=C(CCCN1CCCC1=O)NCC1CCC(c2ncncc2-c2ccccn2)CC1. The summed E-state index contributed by atoms with van der Waals surface area (Å²) < 4.78 is 0. The number of aromatic nitrogens is 3. The Balaban J connectivity index is 1.21. The van der Waals surface area contributed by atoms with Crippen molar-refractivity contribution in [3.05, 3.63) is 42.6 Å². The highest BCUT2D eigenvalue weighted by Gasteiger charge is 2.26. The molecule has 1 saturated carbocycles. The predicted octanol–water partition coefficient (Wildman–Crippen LogP) is 3.33. The van der Waals surface area contributed by atoms with Crippen molar-refractivity contribution >= 4 is 11.8 Å². The summed E-state index contributed by atoms with van der Waals surface area (Å²) in [7, 11) is 0. The van der Waals surface area contributed by atoms with Crippen LogP contribution in [0.5, 0.6) is 0 Å². The van der Waals surface area contributed by atoms with E-state index in [4.69, 9.17) is 0 Å². The van der Waals surface area contributed by atoms with Gasteiger partial charge in [0.1, 0.15) is 6.33 Å². The minimum absolute atomic E-state index is 0.0991. The van der Waals surface area contributed by atoms with Gasteiger partial charge in [-0.15, -0.1) is 0 Å². The van der Waals surface area contributed by atoms with Crippen LogP contribution in [0.1, 0.15) is 63.0 Å². The molecule has 0 spiro atoms. The minimum atomic E-state index is 0.0991. The van der Waals surface area contributed by atoms with Gasteiger partial charge >= 0.3 is 0 Å². The van der Waals surface area contributed by atoms with E-state index in [2.05, 4.69) is 20.3 Å². The first kappa shape index (κ1) is 21.4. The first-order chi connectivity index (χ1) is 15.2. The average molecular weight is 422 g/mol. The van der Waals surface area contributed by atoms with Crippen molar-refractivity contribution in [3.8, 4) is 11.3 Å². The third-order valence-corrected chi connectivity index (χ3v) is 6.51. The molecule has 4 rings (SSSR count). The van der Waals surface area contributed by atoms with E-state index in [1.54, 1.807) is 12.5 Å². The van der Waals surface area contributed by atoms with E-state index in [0.717, 1.165) is 68.6 Å². The minimum Gasteiger partial charge on any atom is -0.356 e. The summed E-state index contributed by atoms with van der Waals surface area (Å²) in [5.41, 5.74) is 3.03. The number of carbonyl (C=O) groups is 2. The molecule has 164 valence electrons. The van der Waals surface area contributed by atoms with Crippen LogP contribution in [0.4, 0.5) is 0 Å². The standard InChI is InChI=1S/C24H31N5O2/c30-22(6-3-13-29-14-4-7-23(29)31)27-15-18-8-10-19(11-9-18)24-20(16-25-17-28-24)21-5-1-2-12-26-21/h1-2,5,12,16-19H,3-4,6-11,13-15H2,(H,27,30). The zero-order valence-electron chi connectivity index (χ0n) is 18.0. The van der Waals surface area contributed by atoms with Crippen LogP contribution in [-0.2, 0) is 9.59 Å². The lowest BCUT2D eigenvalue weighted by molar-refractivity contribution is -0.128. The topological polar surface area (TPSA) is 88.1 Å². The number of hydrogen-bond donors (Lipinski definition) is 1. The number of pyridine rings is 1. The van der Waals surface area contributed by atoms with E-state index in [9.17, 15) is 9.59 Å². The van der Waals surface area contributed by atoms with E-state index >= 15 is 0 Å². The highest BCUT2D eigenvalue weighted by Crippen LogP contribution is 2.38. The summed E-state index contributed by atoms with van der Waals surface area (Å²) in [4.78, 5) is 39.0. The molecule has 2 aliphatic rings. The Kier molecular flexibility index (Phi) is 7.22. The van der Waals surface area contributed by atoms with Crippen molar-refractivity contribution in [2.75, 3.05) is 19.6 Å². The van der Waals surface area contributed by atoms with Crippen LogP contribution in [0.15, 0.2) is 36.9 Å². The maximum atomic E-state index is 12.2. The second-order valence-electron chi connectivity index (χ2n) is 8.65. The maximum absolute atomic E-state index is 12.2. The second-order valence-corrected chi connectivity index (χ2v) is 8.65. The summed E-state index contributed by atoms with van der Waals surface area (Å²) >= 11 is 0. The molecule has 2 amide bonds. The lowest BCUT2D eigenvalue weighted by Crippen LogP contribution is -2.32. The Morgan fingerprint density at radius 3 is 2.77 bits per heavy atom. The summed E-state index contributed by atoms with van der Waals surface area (Å²) in [6.07, 6.45) is 12.4. The molecule has 1 aliphatic carbocycles. The molecule has 2 aromatic rings. The van der Waals surface area contributed by atoms with Crippen LogP contribution in [0.2, 0.25) is 0 Å². The van der Waals surface area contributed by atoms with Gasteiger partial charge in [-0.3, -0.25) is 14.6 Å². The Hall–Kier alpha value is -2.83. The lowest BCUT2D eigenvalue weighted by atomic mass is 9.79. The van der Waals surface area contributed by atoms with Crippen molar-refractivity contribution in [2.45, 2.75) is 57.3 Å². The molecule has 0 unspecified atom stereocenters. The number of rotatable bonds is 8. The first-order valence-electron chi connectivity index (χ1n) is 11.5. The maximum Gasteiger partial charge on any atom is 0.222 e. The number of amides is 2. The van der Waals surface area contributed by atoms with Crippen molar-refractivity contribution in [1.82, 2.24) is 25.2 Å². The van der Waals surface area contributed by atoms with Gasteiger partial charge in [0.15, 0.2) is 0 Å². The predicted molar refractivity (Wildman–Crippen MR) is 118 cm³/mol. The molecule has 31 heavy (non-hydrogen) atoms. The molecular formula is C24H31N5O2. The molecule has 7 heteroatoms. The van der Waals surface area contributed by atoms with Gasteiger partial charge in [-0.05, 0) is 56.6 Å². The third kappa shape index (κ3) is 5.66. The van der Waals surface area contributed by atoms with Gasteiger partial charge in [0.25, 0.3) is 0 Å². The molecule has 1 aliphatic heterocycles. The molecule has 3 heterocycles. The molecule has 0 radical (unpaired) electrons. The van der Waals surface area contributed by atoms with Crippen LogP contribution in [0, 0.1) is 5.92 Å². The molecule has 0 bridgehead atoms. The van der Waals surface area contributed by atoms with E-state index in [1.165, 1.54) is 0 Å². The van der Waals surface area contributed by atoms with Gasteiger partial charge in [0.05, 0.1) is 11.4 Å². The lowest BCUT2D eigenvalue weighted by Gasteiger charge is -2.29. The van der Waals surface area contributed by atoms with Crippen molar-refractivity contribution in [2.24, 2.45) is 5.92 Å². The van der Waals surface area contributed by atoms with Gasteiger partial charge in [0.2, 0.25) is 11.8 Å². The Labute approximate surface area is 183 Å². The van der Waals surface area contributed by atoms with E-state index in [-0.39, 0.29) is 11.8 Å². The number of nitrogens with one attached hydrogen (secondary N) is 1. The quantitative estimate of drug-likeness (QED) is 0.706. The Morgan fingerprint density at radius 2 is 2.03 bits per heavy atom. The van der Waals surface area contributed by atoms with Gasteiger partial charge < -0.3 is 10.2 Å². The van der Waals surface area contributed by atoms with Crippen LogP contribution >= 0.6 is 0 Å². The summed E-state index contributed by atoms with van der Waals surface area (Å²) in [5.74, 6) is 1.25. The van der Waals surface area contributed by atoms with Gasteiger partial charge in [-0.25, -0.2) is 9.97 Å². The van der Waals surface area contributed by atoms with Gasteiger partial charge in [-0.1, -0.05) is 6.07 Å². The first-order valence-corrected chi connectivity index (χ1v) is 11.5. The number of likely N-dealkylation sites (tertiary alicyclic amines) is 1. The molecule has 1 N–H and O–H groups in total. The van der Waals surface area contributed by atoms with E-state index < -0.39 is 0 Å². The third-order valence-electron chi connectivity index (χ3n) is 6.51. The van der Waals surface area contributed by atoms with Crippen molar-refractivity contribution in [1.29, 1.82) is 0 Å². The fourth-order valence-electron chi connectivity index (χ4n) is 4.74. The van der Waals surface area contributed by atoms with Crippen LogP contribution < -0.4 is 5.32 Å². The Morgan fingerprint density at radius 1 is 1.16 bits per heavy atom.